The molecule has 1 saturated heterocycles. The zero-order valence-corrected chi connectivity index (χ0v) is 27.6. The van der Waals surface area contributed by atoms with E-state index in [1.165, 1.54) is 0 Å². The Kier molecular flexibility index (Phi) is 7.62. The molecule has 3 N–H and O–H groups in total. The third-order valence-corrected chi connectivity index (χ3v) is 10.6. The first-order chi connectivity index (χ1) is 23.3. The predicted molar refractivity (Wildman–Crippen MR) is 182 cm³/mol. The van der Waals surface area contributed by atoms with Crippen molar-refractivity contribution in [1.29, 1.82) is 0 Å². The van der Waals surface area contributed by atoms with Crippen LogP contribution in [0.3, 0.4) is 0 Å². The number of aryl methyl sites for hydroxylation is 3. The maximum Gasteiger partial charge on any atom is 0.272 e. The van der Waals surface area contributed by atoms with Gasteiger partial charge in [-0.05, 0) is 81.7 Å². The number of piperidine rings is 1. The van der Waals surface area contributed by atoms with E-state index >= 15 is 0 Å². The Morgan fingerprint density at radius 3 is 2.77 bits per heavy atom. The molecule has 2 aliphatic heterocycles. The second-order valence-corrected chi connectivity index (χ2v) is 13.6. The Bertz CT molecular complexity index is 2070. The molecule has 48 heavy (non-hydrogen) atoms. The van der Waals surface area contributed by atoms with Crippen LogP contribution in [-0.2, 0) is 20.0 Å². The lowest BCUT2D eigenvalue weighted by Gasteiger charge is -2.37. The Morgan fingerprint density at radius 2 is 1.92 bits per heavy atom. The fourth-order valence-corrected chi connectivity index (χ4v) is 8.03. The van der Waals surface area contributed by atoms with Gasteiger partial charge in [-0.1, -0.05) is 6.42 Å². The van der Waals surface area contributed by atoms with E-state index in [2.05, 4.69) is 32.0 Å². The van der Waals surface area contributed by atoms with Crippen molar-refractivity contribution in [1.82, 2.24) is 39.3 Å². The maximum atomic E-state index is 13.9. The van der Waals surface area contributed by atoms with Gasteiger partial charge in [0.2, 0.25) is 0 Å². The lowest BCUT2D eigenvalue weighted by molar-refractivity contribution is 0.0603. The molecule has 5 aromatic rings. The summed E-state index contributed by atoms with van der Waals surface area (Å²) >= 11 is 0. The number of imidazole rings is 1. The molecule has 0 radical (unpaired) electrons. The Morgan fingerprint density at radius 1 is 1.06 bits per heavy atom. The average Bonchev–Trinajstić information content (AvgIpc) is 3.79. The van der Waals surface area contributed by atoms with Crippen LogP contribution in [0.5, 0.6) is 5.75 Å². The van der Waals surface area contributed by atoms with E-state index in [1.807, 2.05) is 41.6 Å². The van der Waals surface area contributed by atoms with Crippen molar-refractivity contribution < 1.29 is 14.3 Å². The molecule has 2 amide bonds. The third kappa shape index (κ3) is 5.09. The lowest BCUT2D eigenvalue weighted by Crippen LogP contribution is -2.51. The first kappa shape index (κ1) is 30.5. The highest BCUT2D eigenvalue weighted by molar-refractivity contribution is 6.00. The topological polar surface area (TPSA) is 146 Å². The number of nitrogens with one attached hydrogen (secondary N) is 1. The van der Waals surface area contributed by atoms with Crippen molar-refractivity contribution in [3.63, 3.8) is 0 Å². The Balaban J connectivity index is 1.19. The van der Waals surface area contributed by atoms with E-state index in [9.17, 15) is 9.59 Å². The molecule has 6 heterocycles. The number of amides is 2. The number of fused-ring (bicyclic) bond motifs is 5. The van der Waals surface area contributed by atoms with Crippen LogP contribution in [0.25, 0.3) is 33.6 Å². The maximum absolute atomic E-state index is 13.9. The minimum atomic E-state index is -0.341. The molecule has 4 bridgehead atoms. The SMILES string of the molecule is COc1cc(C(=O)N2C[C@H](N)[C@H]3CC[C@@H]2C3)cc2nc(-c3cc4ccc5nc4n3CCCCCc3nccnc3C(=O)N[C@@H]5C)n(C)c12. The predicted octanol–water partition coefficient (Wildman–Crippen LogP) is 4.56. The van der Waals surface area contributed by atoms with E-state index in [0.717, 1.165) is 78.8 Å². The van der Waals surface area contributed by atoms with Crippen LogP contribution < -0.4 is 15.8 Å². The number of ether oxygens (including phenoxy) is 1. The third-order valence-electron chi connectivity index (χ3n) is 10.6. The zero-order chi connectivity index (χ0) is 33.1. The summed E-state index contributed by atoms with van der Waals surface area (Å²) in [4.78, 5) is 48.1. The molecule has 3 aliphatic rings. The number of hydrogen-bond donors (Lipinski definition) is 2. The molecule has 4 atom stereocenters. The highest BCUT2D eigenvalue weighted by Gasteiger charge is 2.41. The average molecular weight is 648 g/mol. The number of aromatic nitrogens is 6. The van der Waals surface area contributed by atoms with Gasteiger partial charge in [0.15, 0.2) is 5.82 Å². The summed E-state index contributed by atoms with van der Waals surface area (Å²) in [7, 11) is 3.62. The number of likely N-dealkylation sites (tertiary alicyclic amines) is 1. The van der Waals surface area contributed by atoms with Crippen LogP contribution in [0.1, 0.15) is 83.7 Å². The number of carbonyl (C=O) groups excluding carboxylic acids is 2. The zero-order valence-electron chi connectivity index (χ0n) is 27.6. The van der Waals surface area contributed by atoms with Crippen molar-refractivity contribution in [2.45, 2.75) is 76.5 Å². The number of carbonyl (C=O) groups is 2. The fourth-order valence-electron chi connectivity index (χ4n) is 8.03. The number of nitrogens with two attached hydrogens (primary N) is 1. The quantitative estimate of drug-likeness (QED) is 0.290. The number of methoxy groups -OCH3 is 1. The highest BCUT2D eigenvalue weighted by Crippen LogP contribution is 2.39. The van der Waals surface area contributed by atoms with Gasteiger partial charge in [0.1, 0.15) is 22.6 Å². The van der Waals surface area contributed by atoms with Gasteiger partial charge in [0.05, 0.1) is 35.8 Å². The number of benzene rings is 1. The standard InChI is InChI=1S/C36H41N9O3/c1-20-26-11-9-22-17-29(44(33(22)41-26)14-6-4-5-7-27-31(35(46)40-20)39-13-12-38-27)34-42-28-16-23(18-30(48-3)32(28)43(34)2)36(47)45-19-25(37)21-8-10-24(45)15-21/h9,11-13,16-18,20-21,24-25H,4-8,10,14-15,19,37H2,1-3H3,(H,40,46)/t20-,21+,24-,25+/m1/s1. The van der Waals surface area contributed by atoms with E-state index in [-0.39, 0.29) is 29.9 Å². The number of pyridine rings is 1. The van der Waals surface area contributed by atoms with Gasteiger partial charge in [-0.3, -0.25) is 14.6 Å². The van der Waals surface area contributed by atoms with Gasteiger partial charge < -0.3 is 29.8 Å². The van der Waals surface area contributed by atoms with Crippen molar-refractivity contribution in [3.8, 4) is 17.3 Å². The van der Waals surface area contributed by atoms with Crippen molar-refractivity contribution in [2.75, 3.05) is 13.7 Å². The van der Waals surface area contributed by atoms with Crippen LogP contribution in [0.2, 0.25) is 0 Å². The molecular formula is C36H41N9O3. The first-order valence-electron chi connectivity index (χ1n) is 17.0. The summed E-state index contributed by atoms with van der Waals surface area (Å²) in [6, 6.07) is 9.79. The van der Waals surface area contributed by atoms with E-state index in [1.54, 1.807) is 19.5 Å². The minimum absolute atomic E-state index is 0.0161. The van der Waals surface area contributed by atoms with Crippen molar-refractivity contribution in [2.24, 2.45) is 18.7 Å². The molecule has 1 aromatic carbocycles. The minimum Gasteiger partial charge on any atom is -0.494 e. The summed E-state index contributed by atoms with van der Waals surface area (Å²) in [5.74, 6) is 1.61. The van der Waals surface area contributed by atoms with Crippen LogP contribution >= 0.6 is 0 Å². The molecule has 1 saturated carbocycles. The first-order valence-corrected chi connectivity index (χ1v) is 17.0. The van der Waals surface area contributed by atoms with E-state index in [0.29, 0.717) is 47.1 Å². The summed E-state index contributed by atoms with van der Waals surface area (Å²) < 4.78 is 10.2. The van der Waals surface area contributed by atoms with Crippen LogP contribution in [0.15, 0.2) is 42.7 Å². The van der Waals surface area contributed by atoms with Crippen LogP contribution in [0.4, 0.5) is 0 Å². The van der Waals surface area contributed by atoms with Gasteiger partial charge in [-0.25, -0.2) is 15.0 Å². The molecule has 8 rings (SSSR count). The summed E-state index contributed by atoms with van der Waals surface area (Å²) in [5.41, 5.74) is 12.2. The van der Waals surface area contributed by atoms with Gasteiger partial charge >= 0.3 is 0 Å². The smallest absolute Gasteiger partial charge is 0.272 e. The fraction of sp³-hybridized carbons (Fsp3) is 0.444. The molecule has 248 valence electrons. The summed E-state index contributed by atoms with van der Waals surface area (Å²) in [6.45, 7) is 3.26. The van der Waals surface area contributed by atoms with Crippen LogP contribution in [0, 0.1) is 5.92 Å². The Labute approximate surface area is 278 Å². The molecular weight excluding hydrogens is 606 g/mol. The molecule has 0 unspecified atom stereocenters. The molecule has 2 fully saturated rings. The number of rotatable bonds is 3. The highest BCUT2D eigenvalue weighted by atomic mass is 16.5. The van der Waals surface area contributed by atoms with Crippen molar-refractivity contribution in [3.05, 3.63) is 65.4 Å². The number of nitrogens with zero attached hydrogens (tertiary/aromatic N) is 7. The van der Waals surface area contributed by atoms with Gasteiger partial charge in [-0.15, -0.1) is 0 Å². The largest absolute Gasteiger partial charge is 0.494 e. The molecule has 12 nitrogen and oxygen atoms in total. The van der Waals surface area contributed by atoms with E-state index < -0.39 is 0 Å². The second kappa shape index (κ2) is 12.0. The second-order valence-electron chi connectivity index (χ2n) is 13.6. The summed E-state index contributed by atoms with van der Waals surface area (Å²) in [6.07, 6.45) is 9.68. The van der Waals surface area contributed by atoms with E-state index in [4.69, 9.17) is 20.4 Å². The van der Waals surface area contributed by atoms with Crippen LogP contribution in [-0.4, -0.2) is 71.5 Å². The molecule has 4 aromatic heterocycles. The molecule has 12 heteroatoms. The molecule has 1 aliphatic carbocycles. The normalized spacial score (nSPS) is 22.9. The monoisotopic (exact) mass is 647 g/mol. The lowest BCUT2D eigenvalue weighted by atomic mass is 9.94. The Hall–Kier alpha value is -4.84. The van der Waals surface area contributed by atoms with Gasteiger partial charge in [-0.2, -0.15) is 0 Å². The van der Waals surface area contributed by atoms with Gasteiger partial charge in [0, 0.05) is 55.6 Å². The van der Waals surface area contributed by atoms with Crippen molar-refractivity contribution >= 4 is 33.9 Å². The van der Waals surface area contributed by atoms with Gasteiger partial charge in [0.25, 0.3) is 11.8 Å². The summed E-state index contributed by atoms with van der Waals surface area (Å²) in [5, 5.41) is 4.06. The number of hydrogen-bond acceptors (Lipinski definition) is 8. The molecule has 0 spiro atoms.